The lowest BCUT2D eigenvalue weighted by molar-refractivity contribution is -0.152. The van der Waals surface area contributed by atoms with Crippen molar-refractivity contribution in [2.45, 2.75) is 131 Å². The zero-order valence-electron chi connectivity index (χ0n) is 27.6. The molecule has 4 aliphatic rings. The molecule has 5 rings (SSSR count). The normalized spacial score (nSPS) is 34.1. The Balaban J connectivity index is 1.14. The van der Waals surface area contributed by atoms with Crippen LogP contribution < -0.4 is 11.5 Å². The molecule has 0 bridgehead atoms. The molecule has 5 nitrogen and oxygen atoms in total. The first-order valence-corrected chi connectivity index (χ1v) is 17.4. The zero-order chi connectivity index (χ0) is 30.9. The average Bonchev–Trinajstić information content (AvgIpc) is 3.28. The fraction of sp³-hybridized carbons (Fsp3) is 0.737. The summed E-state index contributed by atoms with van der Waals surface area (Å²) in [6.07, 6.45) is 16.9. The molecule has 0 aromatic heterocycles. The van der Waals surface area contributed by atoms with E-state index in [1.54, 1.807) is 18.2 Å². The van der Waals surface area contributed by atoms with Crippen molar-refractivity contribution in [1.29, 1.82) is 0 Å². The highest BCUT2D eigenvalue weighted by atomic mass is 16.5. The van der Waals surface area contributed by atoms with Crippen molar-refractivity contribution in [2.75, 3.05) is 11.5 Å². The van der Waals surface area contributed by atoms with Crippen LogP contribution in [0.15, 0.2) is 29.8 Å². The van der Waals surface area contributed by atoms with Crippen LogP contribution in [-0.4, -0.2) is 17.9 Å². The summed E-state index contributed by atoms with van der Waals surface area (Å²) in [6.45, 7) is 12.5. The summed E-state index contributed by atoms with van der Waals surface area (Å²) in [5.74, 6) is 4.71. The SMILES string of the molecule is CC(C)CCCC(C)C1CCC2C3CC=C4CC(OC(=O)CCC(=O)Cc5cc(N)cc(N)c5)CCC4(C)C3CCC12C. The molecule has 3 fully saturated rings. The van der Waals surface area contributed by atoms with E-state index in [0.29, 0.717) is 16.8 Å². The molecule has 1 aromatic carbocycles. The maximum Gasteiger partial charge on any atom is 0.306 e. The lowest BCUT2D eigenvalue weighted by Crippen LogP contribution is -2.51. The molecule has 0 saturated heterocycles. The zero-order valence-corrected chi connectivity index (χ0v) is 27.6. The Morgan fingerprint density at radius 2 is 1.67 bits per heavy atom. The van der Waals surface area contributed by atoms with Gasteiger partial charge in [0.25, 0.3) is 0 Å². The van der Waals surface area contributed by atoms with E-state index in [9.17, 15) is 9.59 Å². The van der Waals surface area contributed by atoms with Gasteiger partial charge in [-0.15, -0.1) is 0 Å². The van der Waals surface area contributed by atoms with Crippen LogP contribution in [0.4, 0.5) is 11.4 Å². The van der Waals surface area contributed by atoms with Crippen LogP contribution >= 0.6 is 0 Å². The Morgan fingerprint density at radius 3 is 2.40 bits per heavy atom. The van der Waals surface area contributed by atoms with Gasteiger partial charge in [-0.05, 0) is 115 Å². The number of anilines is 2. The number of fused-ring (bicyclic) bond motifs is 5. The maximum absolute atomic E-state index is 12.8. The number of rotatable bonds is 11. The van der Waals surface area contributed by atoms with Gasteiger partial charge in [0, 0.05) is 30.6 Å². The number of esters is 1. The molecular formula is C38H58N2O3. The number of ether oxygens (including phenoxy) is 1. The summed E-state index contributed by atoms with van der Waals surface area (Å²) >= 11 is 0. The number of nitrogens with two attached hydrogens (primary N) is 2. The number of hydrogen-bond donors (Lipinski definition) is 2. The van der Waals surface area contributed by atoms with Gasteiger partial charge in [0.05, 0.1) is 6.42 Å². The third-order valence-electron chi connectivity index (χ3n) is 12.6. The summed E-state index contributed by atoms with van der Waals surface area (Å²) in [5, 5.41) is 0. The van der Waals surface area contributed by atoms with Crippen LogP contribution in [0.3, 0.4) is 0 Å². The molecule has 4 N–H and O–H groups in total. The summed E-state index contributed by atoms with van der Waals surface area (Å²) in [4.78, 5) is 25.3. The third kappa shape index (κ3) is 6.86. The largest absolute Gasteiger partial charge is 0.462 e. The van der Waals surface area contributed by atoms with Gasteiger partial charge in [-0.3, -0.25) is 9.59 Å². The van der Waals surface area contributed by atoms with Crippen molar-refractivity contribution >= 4 is 23.1 Å². The smallest absolute Gasteiger partial charge is 0.306 e. The van der Waals surface area contributed by atoms with Crippen LogP contribution in [0.2, 0.25) is 0 Å². The van der Waals surface area contributed by atoms with Crippen LogP contribution in [-0.2, 0) is 20.7 Å². The van der Waals surface area contributed by atoms with Gasteiger partial charge in [0.15, 0.2) is 0 Å². The van der Waals surface area contributed by atoms with E-state index in [0.717, 1.165) is 60.3 Å². The first-order valence-electron chi connectivity index (χ1n) is 17.4. The fourth-order valence-electron chi connectivity index (χ4n) is 10.4. The monoisotopic (exact) mass is 590 g/mol. The van der Waals surface area contributed by atoms with Crippen molar-refractivity contribution in [1.82, 2.24) is 0 Å². The van der Waals surface area contributed by atoms with E-state index in [1.165, 1.54) is 56.9 Å². The van der Waals surface area contributed by atoms with Crippen molar-refractivity contribution < 1.29 is 14.3 Å². The second-order valence-corrected chi connectivity index (χ2v) is 15.9. The molecule has 0 aliphatic heterocycles. The van der Waals surface area contributed by atoms with Gasteiger partial charge in [0.1, 0.15) is 11.9 Å². The highest BCUT2D eigenvalue weighted by Crippen LogP contribution is 2.67. The minimum atomic E-state index is -0.253. The number of nitrogen functional groups attached to an aromatic ring is 2. The second-order valence-electron chi connectivity index (χ2n) is 15.9. The molecule has 1 aromatic rings. The number of hydrogen-bond acceptors (Lipinski definition) is 5. The Bertz CT molecular complexity index is 1190. The number of Topliss-reactive ketones (excluding diaryl/α,β-unsaturated/α-hetero) is 1. The van der Waals surface area contributed by atoms with Crippen LogP contribution in [0.25, 0.3) is 0 Å². The van der Waals surface area contributed by atoms with Crippen molar-refractivity contribution in [2.24, 2.45) is 46.3 Å². The molecule has 0 radical (unpaired) electrons. The van der Waals surface area contributed by atoms with Crippen LogP contribution in [0, 0.1) is 46.3 Å². The van der Waals surface area contributed by atoms with Crippen molar-refractivity contribution in [3.05, 3.63) is 35.4 Å². The minimum absolute atomic E-state index is 0.00241. The second kappa shape index (κ2) is 13.0. The molecule has 3 saturated carbocycles. The Labute approximate surface area is 261 Å². The maximum atomic E-state index is 12.8. The molecule has 0 spiro atoms. The van der Waals surface area contributed by atoms with Crippen LogP contribution in [0.5, 0.6) is 0 Å². The van der Waals surface area contributed by atoms with Crippen LogP contribution in [0.1, 0.15) is 124 Å². The predicted molar refractivity (Wildman–Crippen MR) is 176 cm³/mol. The summed E-state index contributed by atoms with van der Waals surface area (Å²) in [7, 11) is 0. The summed E-state index contributed by atoms with van der Waals surface area (Å²) < 4.78 is 5.96. The van der Waals surface area contributed by atoms with Crippen molar-refractivity contribution in [3.8, 4) is 0 Å². The van der Waals surface area contributed by atoms with E-state index < -0.39 is 0 Å². The molecule has 4 aliphatic carbocycles. The van der Waals surface area contributed by atoms with E-state index in [2.05, 4.69) is 40.7 Å². The molecule has 8 atom stereocenters. The van der Waals surface area contributed by atoms with E-state index >= 15 is 0 Å². The molecule has 8 unspecified atom stereocenters. The Kier molecular flexibility index (Phi) is 9.69. The molecule has 43 heavy (non-hydrogen) atoms. The number of benzene rings is 1. The quantitative estimate of drug-likeness (QED) is 0.153. The lowest BCUT2D eigenvalue weighted by Gasteiger charge is -2.58. The molecular weight excluding hydrogens is 532 g/mol. The summed E-state index contributed by atoms with van der Waals surface area (Å²) in [6, 6.07) is 5.21. The van der Waals surface area contributed by atoms with Gasteiger partial charge in [0.2, 0.25) is 0 Å². The average molecular weight is 591 g/mol. The minimum Gasteiger partial charge on any atom is -0.462 e. The lowest BCUT2D eigenvalue weighted by atomic mass is 9.47. The van der Waals surface area contributed by atoms with E-state index in [4.69, 9.17) is 16.2 Å². The van der Waals surface area contributed by atoms with Gasteiger partial charge in [-0.1, -0.05) is 65.5 Å². The van der Waals surface area contributed by atoms with Gasteiger partial charge in [-0.2, -0.15) is 0 Å². The fourth-order valence-corrected chi connectivity index (χ4v) is 10.4. The topological polar surface area (TPSA) is 95.4 Å². The highest BCUT2D eigenvalue weighted by Gasteiger charge is 2.59. The van der Waals surface area contributed by atoms with E-state index in [-0.39, 0.29) is 42.5 Å². The Hall–Kier alpha value is -2.30. The van der Waals surface area contributed by atoms with Crippen molar-refractivity contribution in [3.63, 3.8) is 0 Å². The molecule has 238 valence electrons. The standard InChI is InChI=1S/C38H58N2O3/c1-24(2)7-6-8-25(3)33-12-13-34-32-11-9-27-22-31(15-17-37(27,4)35(32)16-18-38(33,34)5)43-36(42)14-10-30(41)21-26-19-28(39)23-29(40)20-26/h9,19-20,23-25,31-35H,6-8,10-18,21-22,39-40H2,1-5H3. The summed E-state index contributed by atoms with van der Waals surface area (Å²) in [5.41, 5.74) is 15.9. The predicted octanol–water partition coefficient (Wildman–Crippen LogP) is 8.70. The number of allylic oxidation sites excluding steroid dienone is 1. The number of ketones is 1. The van der Waals surface area contributed by atoms with E-state index in [1.807, 2.05) is 0 Å². The Morgan fingerprint density at radius 1 is 0.930 bits per heavy atom. The molecule has 0 heterocycles. The number of carbonyl (C=O) groups is 2. The van der Waals surface area contributed by atoms with Gasteiger partial charge < -0.3 is 16.2 Å². The molecule has 0 amide bonds. The first kappa shape index (κ1) is 32.1. The number of carbonyl (C=O) groups excluding carboxylic acids is 2. The third-order valence-corrected chi connectivity index (χ3v) is 12.6. The van der Waals surface area contributed by atoms with Gasteiger partial charge in [-0.25, -0.2) is 0 Å². The molecule has 5 heteroatoms. The first-order chi connectivity index (χ1) is 20.4. The highest BCUT2D eigenvalue weighted by molar-refractivity contribution is 5.85. The van der Waals surface area contributed by atoms with Gasteiger partial charge >= 0.3 is 5.97 Å².